The van der Waals surface area contributed by atoms with Crippen LogP contribution in [0.4, 0.5) is 5.95 Å². The van der Waals surface area contributed by atoms with E-state index in [4.69, 9.17) is 0 Å². The van der Waals surface area contributed by atoms with Crippen LogP contribution in [0.25, 0.3) is 0 Å². The van der Waals surface area contributed by atoms with Gasteiger partial charge < -0.3 is 10.2 Å². The van der Waals surface area contributed by atoms with Gasteiger partial charge in [-0.25, -0.2) is 9.97 Å². The van der Waals surface area contributed by atoms with Crippen molar-refractivity contribution in [2.45, 2.75) is 39.7 Å². The number of aromatic nitrogens is 2. The average Bonchev–Trinajstić information content (AvgIpc) is 2.38. The number of nitrogens with zero attached hydrogens (tertiary/aromatic N) is 3. The summed E-state index contributed by atoms with van der Waals surface area (Å²) in [6, 6.07) is 0.447. The van der Waals surface area contributed by atoms with Gasteiger partial charge in [-0.1, -0.05) is 0 Å². The second-order valence-corrected chi connectivity index (χ2v) is 5.50. The summed E-state index contributed by atoms with van der Waals surface area (Å²) in [5.74, 6) is 1.63. The fraction of sp³-hybridized carbons (Fsp3) is 0.714. The molecule has 0 aromatic carbocycles. The SMILES string of the molecule is Cc1cnc(N(CC2CCNCC2)C(C)C)nc1. The van der Waals surface area contributed by atoms with Crippen molar-refractivity contribution in [1.82, 2.24) is 15.3 Å². The molecule has 100 valence electrons. The standard InChI is InChI=1S/C14H24N4/c1-11(2)18(10-13-4-6-15-7-5-13)14-16-8-12(3)9-17-14/h8-9,11,13,15H,4-7,10H2,1-3H3. The number of piperidine rings is 1. The van der Waals surface area contributed by atoms with E-state index < -0.39 is 0 Å². The highest BCUT2D eigenvalue weighted by Gasteiger charge is 2.20. The first-order valence-corrected chi connectivity index (χ1v) is 6.93. The predicted molar refractivity (Wildman–Crippen MR) is 74.8 cm³/mol. The first kappa shape index (κ1) is 13.3. The van der Waals surface area contributed by atoms with Crippen LogP contribution in [0.5, 0.6) is 0 Å². The molecule has 0 amide bonds. The van der Waals surface area contributed by atoms with Crippen molar-refractivity contribution < 1.29 is 0 Å². The van der Waals surface area contributed by atoms with E-state index in [0.717, 1.165) is 37.1 Å². The van der Waals surface area contributed by atoms with E-state index in [0.29, 0.717) is 6.04 Å². The molecule has 0 saturated carbocycles. The van der Waals surface area contributed by atoms with Gasteiger partial charge in [0.1, 0.15) is 0 Å². The molecule has 1 aliphatic rings. The van der Waals surface area contributed by atoms with E-state index in [-0.39, 0.29) is 0 Å². The Balaban J connectivity index is 2.05. The minimum atomic E-state index is 0.447. The first-order valence-electron chi connectivity index (χ1n) is 6.93. The molecule has 4 heteroatoms. The molecular weight excluding hydrogens is 224 g/mol. The van der Waals surface area contributed by atoms with Gasteiger partial charge in [-0.05, 0) is 58.2 Å². The van der Waals surface area contributed by atoms with Crippen LogP contribution in [-0.4, -0.2) is 35.6 Å². The molecule has 1 aromatic heterocycles. The Morgan fingerprint density at radius 1 is 1.28 bits per heavy atom. The van der Waals surface area contributed by atoms with Gasteiger partial charge in [0.2, 0.25) is 5.95 Å². The highest BCUT2D eigenvalue weighted by Crippen LogP contribution is 2.18. The monoisotopic (exact) mass is 248 g/mol. The van der Waals surface area contributed by atoms with E-state index in [2.05, 4.69) is 34.0 Å². The summed E-state index contributed by atoms with van der Waals surface area (Å²) >= 11 is 0. The van der Waals surface area contributed by atoms with Crippen LogP contribution in [0.2, 0.25) is 0 Å². The number of aryl methyl sites for hydroxylation is 1. The number of hydrogen-bond acceptors (Lipinski definition) is 4. The van der Waals surface area contributed by atoms with E-state index in [9.17, 15) is 0 Å². The van der Waals surface area contributed by atoms with Crippen molar-refractivity contribution in [2.75, 3.05) is 24.5 Å². The molecular formula is C14H24N4. The molecule has 1 N–H and O–H groups in total. The van der Waals surface area contributed by atoms with Crippen LogP contribution >= 0.6 is 0 Å². The lowest BCUT2D eigenvalue weighted by Crippen LogP contribution is -2.40. The Hall–Kier alpha value is -1.16. The molecule has 2 rings (SSSR count). The summed E-state index contributed by atoms with van der Waals surface area (Å²) in [4.78, 5) is 11.3. The number of nitrogens with one attached hydrogen (secondary N) is 1. The lowest BCUT2D eigenvalue weighted by atomic mass is 9.97. The zero-order chi connectivity index (χ0) is 13.0. The minimum Gasteiger partial charge on any atom is -0.338 e. The quantitative estimate of drug-likeness (QED) is 0.885. The molecule has 2 heterocycles. The van der Waals surface area contributed by atoms with Crippen molar-refractivity contribution in [2.24, 2.45) is 5.92 Å². The molecule has 1 saturated heterocycles. The molecule has 0 spiro atoms. The lowest BCUT2D eigenvalue weighted by Gasteiger charge is -2.32. The van der Waals surface area contributed by atoms with Crippen LogP contribution in [0, 0.1) is 12.8 Å². The maximum absolute atomic E-state index is 4.46. The van der Waals surface area contributed by atoms with Crippen molar-refractivity contribution in [3.8, 4) is 0 Å². The van der Waals surface area contributed by atoms with Crippen molar-refractivity contribution in [3.05, 3.63) is 18.0 Å². The topological polar surface area (TPSA) is 41.1 Å². The third-order valence-corrected chi connectivity index (χ3v) is 3.56. The molecule has 1 aromatic rings. The van der Waals surface area contributed by atoms with Crippen molar-refractivity contribution >= 4 is 5.95 Å². The van der Waals surface area contributed by atoms with Gasteiger partial charge in [0, 0.05) is 25.0 Å². The third-order valence-electron chi connectivity index (χ3n) is 3.56. The first-order chi connectivity index (χ1) is 8.66. The maximum atomic E-state index is 4.46. The van der Waals surface area contributed by atoms with Gasteiger partial charge in [-0.2, -0.15) is 0 Å². The van der Waals surface area contributed by atoms with E-state index >= 15 is 0 Å². The molecule has 0 bridgehead atoms. The molecule has 1 aliphatic heterocycles. The number of rotatable bonds is 4. The second kappa shape index (κ2) is 6.14. The summed E-state index contributed by atoms with van der Waals surface area (Å²) < 4.78 is 0. The van der Waals surface area contributed by atoms with Crippen molar-refractivity contribution in [1.29, 1.82) is 0 Å². The fourth-order valence-corrected chi connectivity index (χ4v) is 2.40. The fourth-order valence-electron chi connectivity index (χ4n) is 2.40. The molecule has 0 atom stereocenters. The second-order valence-electron chi connectivity index (χ2n) is 5.50. The van der Waals surface area contributed by atoms with Gasteiger partial charge in [0.15, 0.2) is 0 Å². The smallest absolute Gasteiger partial charge is 0.225 e. The Kier molecular flexibility index (Phi) is 4.53. The van der Waals surface area contributed by atoms with E-state index in [1.807, 2.05) is 19.3 Å². The summed E-state index contributed by atoms with van der Waals surface area (Å²) in [6.45, 7) is 9.81. The Morgan fingerprint density at radius 3 is 2.44 bits per heavy atom. The predicted octanol–water partition coefficient (Wildman–Crippen LogP) is 2.00. The molecule has 4 nitrogen and oxygen atoms in total. The molecule has 0 aliphatic carbocycles. The summed E-state index contributed by atoms with van der Waals surface area (Å²) in [5.41, 5.74) is 1.12. The van der Waals surface area contributed by atoms with Gasteiger partial charge in [0.25, 0.3) is 0 Å². The van der Waals surface area contributed by atoms with Crippen LogP contribution < -0.4 is 10.2 Å². The number of hydrogen-bond donors (Lipinski definition) is 1. The Labute approximate surface area is 110 Å². The van der Waals surface area contributed by atoms with Gasteiger partial charge in [0.05, 0.1) is 0 Å². The average molecular weight is 248 g/mol. The number of anilines is 1. The zero-order valence-corrected chi connectivity index (χ0v) is 11.7. The van der Waals surface area contributed by atoms with Crippen LogP contribution in [0.1, 0.15) is 32.3 Å². The molecule has 0 unspecified atom stereocenters. The molecule has 18 heavy (non-hydrogen) atoms. The van der Waals surface area contributed by atoms with Gasteiger partial charge in [-0.3, -0.25) is 0 Å². The summed E-state index contributed by atoms with van der Waals surface area (Å²) in [6.07, 6.45) is 6.32. The summed E-state index contributed by atoms with van der Waals surface area (Å²) in [5, 5.41) is 3.41. The Morgan fingerprint density at radius 2 is 1.89 bits per heavy atom. The van der Waals surface area contributed by atoms with Crippen LogP contribution in [0.15, 0.2) is 12.4 Å². The summed E-state index contributed by atoms with van der Waals surface area (Å²) in [7, 11) is 0. The lowest BCUT2D eigenvalue weighted by molar-refractivity contribution is 0.366. The largest absolute Gasteiger partial charge is 0.338 e. The van der Waals surface area contributed by atoms with Gasteiger partial charge >= 0.3 is 0 Å². The highest BCUT2D eigenvalue weighted by atomic mass is 15.3. The molecule has 0 radical (unpaired) electrons. The maximum Gasteiger partial charge on any atom is 0.225 e. The van der Waals surface area contributed by atoms with Crippen LogP contribution in [0.3, 0.4) is 0 Å². The molecule has 1 fully saturated rings. The van der Waals surface area contributed by atoms with Crippen molar-refractivity contribution in [3.63, 3.8) is 0 Å². The highest BCUT2D eigenvalue weighted by molar-refractivity contribution is 5.31. The van der Waals surface area contributed by atoms with E-state index in [1.54, 1.807) is 0 Å². The van der Waals surface area contributed by atoms with E-state index in [1.165, 1.54) is 12.8 Å². The Bertz CT molecular complexity index is 355. The van der Waals surface area contributed by atoms with Gasteiger partial charge in [-0.15, -0.1) is 0 Å². The van der Waals surface area contributed by atoms with Crippen LogP contribution in [-0.2, 0) is 0 Å². The minimum absolute atomic E-state index is 0.447. The normalized spacial score (nSPS) is 17.1. The third kappa shape index (κ3) is 3.42. The zero-order valence-electron chi connectivity index (χ0n) is 11.7.